The molecular formula is C7H15N. The van der Waals surface area contributed by atoms with Gasteiger partial charge in [-0.25, -0.2) is 0 Å². The van der Waals surface area contributed by atoms with Gasteiger partial charge in [0, 0.05) is 12.6 Å². The van der Waals surface area contributed by atoms with E-state index >= 15 is 0 Å². The van der Waals surface area contributed by atoms with Crippen molar-refractivity contribution in [1.29, 1.82) is 0 Å². The van der Waals surface area contributed by atoms with Crippen LogP contribution in [0.4, 0.5) is 0 Å². The van der Waals surface area contributed by atoms with Crippen LogP contribution in [0.3, 0.4) is 0 Å². The van der Waals surface area contributed by atoms with Gasteiger partial charge in [0.15, 0.2) is 0 Å². The summed E-state index contributed by atoms with van der Waals surface area (Å²) in [6, 6.07) is 0.824. The van der Waals surface area contributed by atoms with Crippen molar-refractivity contribution in [3.05, 3.63) is 0 Å². The lowest BCUT2D eigenvalue weighted by Crippen LogP contribution is -2.21. The molecule has 1 nitrogen and oxygen atoms in total. The van der Waals surface area contributed by atoms with Crippen molar-refractivity contribution >= 4 is 0 Å². The standard InChI is InChI=1S/C7H15N/c1-6-4-7(2)8(3)5-6/h6-7H,4-5H2,1-3H3/t6?,7-/m0/s1. The maximum absolute atomic E-state index is 2.42. The molecule has 0 radical (unpaired) electrons. The molecule has 0 saturated carbocycles. The molecular weight excluding hydrogens is 98.1 g/mol. The van der Waals surface area contributed by atoms with Crippen LogP contribution in [0.15, 0.2) is 0 Å². The fourth-order valence-corrected chi connectivity index (χ4v) is 1.51. The molecule has 0 bridgehead atoms. The second-order valence-electron chi connectivity index (χ2n) is 3.13. The first-order chi connectivity index (χ1) is 3.70. The van der Waals surface area contributed by atoms with Crippen molar-refractivity contribution in [2.75, 3.05) is 13.6 Å². The minimum atomic E-state index is 0.824. The van der Waals surface area contributed by atoms with Gasteiger partial charge in [-0.1, -0.05) is 6.92 Å². The Labute approximate surface area is 51.7 Å². The van der Waals surface area contributed by atoms with Crippen molar-refractivity contribution in [1.82, 2.24) is 4.90 Å². The summed E-state index contributed by atoms with van der Waals surface area (Å²) in [5.74, 6) is 0.926. The molecule has 1 aliphatic heterocycles. The van der Waals surface area contributed by atoms with Gasteiger partial charge in [-0.05, 0) is 26.3 Å². The quantitative estimate of drug-likeness (QED) is 0.458. The number of rotatable bonds is 0. The minimum absolute atomic E-state index is 0.824. The Morgan fingerprint density at radius 2 is 2.00 bits per heavy atom. The third-order valence-corrected chi connectivity index (χ3v) is 2.10. The van der Waals surface area contributed by atoms with Gasteiger partial charge < -0.3 is 4.90 Å². The summed E-state index contributed by atoms with van der Waals surface area (Å²) in [4.78, 5) is 2.42. The number of likely N-dealkylation sites (tertiary alicyclic amines) is 1. The molecule has 8 heavy (non-hydrogen) atoms. The van der Waals surface area contributed by atoms with Crippen LogP contribution in [-0.4, -0.2) is 24.5 Å². The molecule has 0 spiro atoms. The minimum Gasteiger partial charge on any atom is -0.303 e. The predicted octanol–water partition coefficient (Wildman–Crippen LogP) is 1.35. The van der Waals surface area contributed by atoms with Gasteiger partial charge in [-0.3, -0.25) is 0 Å². The van der Waals surface area contributed by atoms with Crippen LogP contribution in [0.1, 0.15) is 20.3 Å². The van der Waals surface area contributed by atoms with Crippen molar-refractivity contribution in [3.63, 3.8) is 0 Å². The van der Waals surface area contributed by atoms with E-state index in [0.717, 1.165) is 12.0 Å². The van der Waals surface area contributed by atoms with E-state index in [1.165, 1.54) is 13.0 Å². The fourth-order valence-electron chi connectivity index (χ4n) is 1.51. The Morgan fingerprint density at radius 3 is 2.12 bits per heavy atom. The summed E-state index contributed by atoms with van der Waals surface area (Å²) in [6.45, 7) is 5.91. The van der Waals surface area contributed by atoms with E-state index in [1.807, 2.05) is 0 Å². The topological polar surface area (TPSA) is 3.24 Å². The van der Waals surface area contributed by atoms with E-state index in [-0.39, 0.29) is 0 Å². The van der Waals surface area contributed by atoms with Crippen molar-refractivity contribution in [2.45, 2.75) is 26.3 Å². The highest BCUT2D eigenvalue weighted by Crippen LogP contribution is 2.19. The van der Waals surface area contributed by atoms with E-state index < -0.39 is 0 Å². The molecule has 2 atom stereocenters. The monoisotopic (exact) mass is 113 g/mol. The summed E-state index contributed by atoms with van der Waals surface area (Å²) < 4.78 is 0. The van der Waals surface area contributed by atoms with Crippen LogP contribution >= 0.6 is 0 Å². The molecule has 1 rings (SSSR count). The second kappa shape index (κ2) is 2.06. The van der Waals surface area contributed by atoms with Crippen molar-refractivity contribution < 1.29 is 0 Å². The Hall–Kier alpha value is -0.0400. The molecule has 0 aliphatic carbocycles. The molecule has 1 saturated heterocycles. The number of hydrogen-bond donors (Lipinski definition) is 0. The van der Waals surface area contributed by atoms with Crippen LogP contribution < -0.4 is 0 Å². The van der Waals surface area contributed by atoms with Crippen LogP contribution in [0.2, 0.25) is 0 Å². The third-order valence-electron chi connectivity index (χ3n) is 2.10. The maximum Gasteiger partial charge on any atom is 0.00670 e. The molecule has 48 valence electrons. The van der Waals surface area contributed by atoms with Gasteiger partial charge in [0.05, 0.1) is 0 Å². The lowest BCUT2D eigenvalue weighted by molar-refractivity contribution is 0.327. The van der Waals surface area contributed by atoms with Crippen LogP contribution in [-0.2, 0) is 0 Å². The number of hydrogen-bond acceptors (Lipinski definition) is 1. The highest BCUT2D eigenvalue weighted by molar-refractivity contribution is 4.76. The van der Waals surface area contributed by atoms with E-state index in [9.17, 15) is 0 Å². The molecule has 1 heterocycles. The van der Waals surface area contributed by atoms with Crippen molar-refractivity contribution in [3.8, 4) is 0 Å². The van der Waals surface area contributed by atoms with Gasteiger partial charge in [0.2, 0.25) is 0 Å². The molecule has 0 aromatic carbocycles. The third kappa shape index (κ3) is 1.03. The van der Waals surface area contributed by atoms with Gasteiger partial charge in [0.1, 0.15) is 0 Å². The van der Waals surface area contributed by atoms with Crippen molar-refractivity contribution in [2.24, 2.45) is 5.92 Å². The molecule has 1 unspecified atom stereocenters. The van der Waals surface area contributed by atoms with Crippen LogP contribution in [0.5, 0.6) is 0 Å². The zero-order valence-electron chi connectivity index (χ0n) is 6.02. The normalized spacial score (nSPS) is 40.9. The van der Waals surface area contributed by atoms with Crippen LogP contribution in [0, 0.1) is 5.92 Å². The summed E-state index contributed by atoms with van der Waals surface area (Å²) >= 11 is 0. The number of nitrogens with zero attached hydrogens (tertiary/aromatic N) is 1. The first-order valence-electron chi connectivity index (χ1n) is 3.40. The maximum atomic E-state index is 2.42. The summed E-state index contributed by atoms with van der Waals surface area (Å²) in [7, 11) is 2.20. The first-order valence-corrected chi connectivity index (χ1v) is 3.40. The van der Waals surface area contributed by atoms with E-state index in [4.69, 9.17) is 0 Å². The first kappa shape index (κ1) is 6.09. The zero-order chi connectivity index (χ0) is 6.15. The van der Waals surface area contributed by atoms with E-state index in [1.54, 1.807) is 0 Å². The molecule has 0 amide bonds. The molecule has 1 fully saturated rings. The average Bonchev–Trinajstić information content (AvgIpc) is 1.85. The highest BCUT2D eigenvalue weighted by Gasteiger charge is 2.21. The van der Waals surface area contributed by atoms with E-state index in [0.29, 0.717) is 0 Å². The molecule has 0 N–H and O–H groups in total. The van der Waals surface area contributed by atoms with Crippen LogP contribution in [0.25, 0.3) is 0 Å². The lowest BCUT2D eigenvalue weighted by atomic mass is 10.1. The highest BCUT2D eigenvalue weighted by atomic mass is 15.1. The summed E-state index contributed by atoms with van der Waals surface area (Å²) in [5, 5.41) is 0. The second-order valence-corrected chi connectivity index (χ2v) is 3.13. The SMILES string of the molecule is CC1C[C@H](C)N(C)C1. The van der Waals surface area contributed by atoms with Gasteiger partial charge in [-0.15, -0.1) is 0 Å². The Kier molecular flexibility index (Phi) is 1.57. The molecule has 1 heteroatoms. The fraction of sp³-hybridized carbons (Fsp3) is 1.00. The smallest absolute Gasteiger partial charge is 0.00670 e. The summed E-state index contributed by atoms with van der Waals surface area (Å²) in [5.41, 5.74) is 0. The lowest BCUT2D eigenvalue weighted by Gasteiger charge is -2.12. The van der Waals surface area contributed by atoms with Gasteiger partial charge in [-0.2, -0.15) is 0 Å². The Bertz CT molecular complexity index is 70.5. The molecule has 1 aliphatic rings. The zero-order valence-corrected chi connectivity index (χ0v) is 6.02. The summed E-state index contributed by atoms with van der Waals surface area (Å²) in [6.07, 6.45) is 1.39. The largest absolute Gasteiger partial charge is 0.303 e. The molecule has 0 aromatic heterocycles. The average molecular weight is 113 g/mol. The predicted molar refractivity (Wildman–Crippen MR) is 35.9 cm³/mol. The van der Waals surface area contributed by atoms with Gasteiger partial charge >= 0.3 is 0 Å². The van der Waals surface area contributed by atoms with E-state index in [2.05, 4.69) is 25.8 Å². The Morgan fingerprint density at radius 1 is 1.38 bits per heavy atom. The Balaban J connectivity index is 2.39. The molecule has 0 aromatic rings. The van der Waals surface area contributed by atoms with Gasteiger partial charge in [0.25, 0.3) is 0 Å².